The Morgan fingerprint density at radius 1 is 0.560 bits per heavy atom. The van der Waals surface area contributed by atoms with E-state index in [0.717, 1.165) is 66.3 Å². The minimum absolute atomic E-state index is 0.505. The monoisotopic (exact) mass is 722 g/mol. The summed E-state index contributed by atoms with van der Waals surface area (Å²) >= 11 is 3.26. The average molecular weight is 723 g/mol. The summed E-state index contributed by atoms with van der Waals surface area (Å²) in [5.41, 5.74) is 4.23. The first kappa shape index (κ1) is 39.4. The Bertz CT molecular complexity index is 1650. The number of hydrogen-bond acceptors (Lipinski definition) is 8. The van der Waals surface area contributed by atoms with E-state index in [0.29, 0.717) is 42.3 Å². The number of unbranched alkanes of at least 4 members (excludes halogenated alkanes) is 2. The first-order chi connectivity index (χ1) is 24.3. The van der Waals surface area contributed by atoms with Crippen LogP contribution in [-0.2, 0) is 0 Å². The first-order valence-electron chi connectivity index (χ1n) is 18.3. The third-order valence-electron chi connectivity index (χ3n) is 9.54. The molecule has 4 aromatic rings. The van der Waals surface area contributed by atoms with Crippen molar-refractivity contribution >= 4 is 22.7 Å². The Morgan fingerprint density at radius 3 is 1.56 bits per heavy atom. The topological polar surface area (TPSA) is 55.4 Å². The van der Waals surface area contributed by atoms with Gasteiger partial charge >= 0.3 is 0 Å². The van der Waals surface area contributed by atoms with Crippen molar-refractivity contribution in [1.82, 2.24) is 0 Å². The van der Waals surface area contributed by atoms with Crippen LogP contribution in [0.1, 0.15) is 89.5 Å². The Balaban J connectivity index is 1.87. The van der Waals surface area contributed by atoms with Gasteiger partial charge in [-0.2, -0.15) is 0 Å². The Morgan fingerprint density at radius 2 is 1.04 bits per heavy atom. The highest BCUT2D eigenvalue weighted by atomic mass is 32.1. The van der Waals surface area contributed by atoms with Gasteiger partial charge in [0.25, 0.3) is 0 Å². The Kier molecular flexibility index (Phi) is 15.2. The van der Waals surface area contributed by atoms with E-state index < -0.39 is 0 Å². The highest BCUT2D eigenvalue weighted by Gasteiger charge is 2.29. The second kappa shape index (κ2) is 19.3. The normalized spacial score (nSPS) is 12.4. The lowest BCUT2D eigenvalue weighted by Gasteiger charge is -2.21. The fraction of sp³-hybridized carbons (Fsp3) is 0.524. The predicted molar refractivity (Wildman–Crippen MR) is 212 cm³/mol. The molecular formula is C42H58O6S2. The van der Waals surface area contributed by atoms with Crippen LogP contribution in [0.15, 0.2) is 36.4 Å². The molecule has 0 radical (unpaired) electrons. The summed E-state index contributed by atoms with van der Waals surface area (Å²) < 4.78 is 37.1. The van der Waals surface area contributed by atoms with Crippen LogP contribution in [0.4, 0.5) is 0 Å². The maximum absolute atomic E-state index is 6.72. The molecule has 0 fully saturated rings. The molecule has 4 rings (SSSR count). The van der Waals surface area contributed by atoms with Gasteiger partial charge in [-0.25, -0.2) is 0 Å². The van der Waals surface area contributed by atoms with Crippen LogP contribution >= 0.6 is 22.7 Å². The summed E-state index contributed by atoms with van der Waals surface area (Å²) in [6.45, 7) is 14.6. The molecule has 0 aliphatic carbocycles. The smallest absolute Gasteiger partial charge is 0.181 e. The largest absolute Gasteiger partial charge is 0.493 e. The van der Waals surface area contributed by atoms with Gasteiger partial charge in [-0.15, -0.1) is 22.7 Å². The number of methoxy groups -OCH3 is 4. The predicted octanol–water partition coefficient (Wildman–Crippen LogP) is 12.7. The summed E-state index contributed by atoms with van der Waals surface area (Å²) in [5, 5.41) is 0. The third kappa shape index (κ3) is 9.10. The molecule has 0 saturated carbocycles. The second-order valence-corrected chi connectivity index (χ2v) is 15.3. The Hall–Kier alpha value is -3.36. The molecule has 0 spiro atoms. The van der Waals surface area contributed by atoms with Gasteiger partial charge in [0.1, 0.15) is 11.5 Å². The third-order valence-corrected chi connectivity index (χ3v) is 12.0. The van der Waals surface area contributed by atoms with E-state index in [1.54, 1.807) is 51.1 Å². The molecule has 50 heavy (non-hydrogen) atoms. The number of thiophene rings is 2. The molecule has 0 amide bonds. The van der Waals surface area contributed by atoms with Crippen molar-refractivity contribution in [3.05, 3.63) is 46.8 Å². The van der Waals surface area contributed by atoms with Crippen LogP contribution in [0.5, 0.6) is 34.5 Å². The van der Waals surface area contributed by atoms with Gasteiger partial charge in [0.15, 0.2) is 23.0 Å². The van der Waals surface area contributed by atoms with Crippen LogP contribution < -0.4 is 28.4 Å². The van der Waals surface area contributed by atoms with Crippen LogP contribution in [-0.4, -0.2) is 41.7 Å². The summed E-state index contributed by atoms with van der Waals surface area (Å²) in [7, 11) is 6.74. The molecule has 8 heteroatoms. The van der Waals surface area contributed by atoms with Crippen LogP contribution in [0.2, 0.25) is 0 Å². The molecule has 0 aliphatic heterocycles. The fourth-order valence-corrected chi connectivity index (χ4v) is 8.84. The van der Waals surface area contributed by atoms with Crippen molar-refractivity contribution in [2.24, 2.45) is 11.8 Å². The Labute approximate surface area is 309 Å². The second-order valence-electron chi connectivity index (χ2n) is 13.0. The van der Waals surface area contributed by atoms with Crippen molar-refractivity contribution in [3.8, 4) is 65.8 Å². The zero-order chi connectivity index (χ0) is 36.2. The molecule has 0 saturated heterocycles. The lowest BCUT2D eigenvalue weighted by Crippen LogP contribution is -2.13. The summed E-state index contributed by atoms with van der Waals surface area (Å²) in [5.74, 6) is 5.57. The van der Waals surface area contributed by atoms with Crippen LogP contribution in [0.3, 0.4) is 0 Å². The molecule has 0 aliphatic rings. The van der Waals surface area contributed by atoms with Gasteiger partial charge in [-0.05, 0) is 74.4 Å². The molecule has 2 unspecified atom stereocenters. The van der Waals surface area contributed by atoms with Gasteiger partial charge in [-0.1, -0.05) is 77.8 Å². The summed E-state index contributed by atoms with van der Waals surface area (Å²) in [4.78, 5) is 3.90. The number of rotatable bonds is 21. The first-order valence-corrected chi connectivity index (χ1v) is 19.9. The molecule has 2 aromatic heterocycles. The molecule has 0 N–H and O–H groups in total. The van der Waals surface area contributed by atoms with Gasteiger partial charge in [0, 0.05) is 16.0 Å². The number of aryl methyl sites for hydroxylation is 2. The van der Waals surface area contributed by atoms with Crippen molar-refractivity contribution in [3.63, 3.8) is 0 Å². The van der Waals surface area contributed by atoms with E-state index in [2.05, 4.69) is 71.0 Å². The fourth-order valence-electron chi connectivity index (χ4n) is 6.39. The maximum Gasteiger partial charge on any atom is 0.181 e. The SMILES string of the molecule is CCCCC(CC)COc1ccc(C)cc1-c1cc(-c2sc(-c3sc(C)c(OC)c3OC)c(OC)c2OC)ccc1OCC(CC)CCCC. The minimum atomic E-state index is 0.505. The van der Waals surface area contributed by atoms with E-state index in [4.69, 9.17) is 28.4 Å². The zero-order valence-electron chi connectivity index (χ0n) is 32.0. The van der Waals surface area contributed by atoms with E-state index in [1.165, 1.54) is 44.1 Å². The molecule has 2 aromatic carbocycles. The minimum Gasteiger partial charge on any atom is -0.493 e. The number of hydrogen-bond donors (Lipinski definition) is 0. The highest BCUT2D eigenvalue weighted by Crippen LogP contribution is 2.58. The highest BCUT2D eigenvalue weighted by molar-refractivity contribution is 7.25. The molecule has 2 heterocycles. The van der Waals surface area contributed by atoms with Gasteiger partial charge in [0.2, 0.25) is 0 Å². The van der Waals surface area contributed by atoms with Crippen LogP contribution in [0, 0.1) is 25.7 Å². The van der Waals surface area contributed by atoms with E-state index in [1.807, 2.05) is 6.92 Å². The summed E-state index contributed by atoms with van der Waals surface area (Å²) in [6.07, 6.45) is 9.35. The average Bonchev–Trinajstić information content (AvgIpc) is 3.68. The molecule has 0 bridgehead atoms. The van der Waals surface area contributed by atoms with E-state index >= 15 is 0 Å². The van der Waals surface area contributed by atoms with Crippen molar-refractivity contribution < 1.29 is 28.4 Å². The van der Waals surface area contributed by atoms with Gasteiger partial charge in [0.05, 0.1) is 56.3 Å². The van der Waals surface area contributed by atoms with Crippen molar-refractivity contribution in [2.45, 2.75) is 92.9 Å². The van der Waals surface area contributed by atoms with Crippen molar-refractivity contribution in [1.29, 1.82) is 0 Å². The quantitative estimate of drug-likeness (QED) is 0.0853. The maximum atomic E-state index is 6.72. The van der Waals surface area contributed by atoms with Gasteiger partial charge in [-0.3, -0.25) is 0 Å². The van der Waals surface area contributed by atoms with Gasteiger partial charge < -0.3 is 28.4 Å². The lowest BCUT2D eigenvalue weighted by molar-refractivity contribution is 0.231. The lowest BCUT2D eigenvalue weighted by atomic mass is 9.97. The van der Waals surface area contributed by atoms with E-state index in [9.17, 15) is 0 Å². The molecule has 2 atom stereocenters. The molecule has 6 nitrogen and oxygen atoms in total. The standard InChI is InChI=1S/C42H58O6S2/c1-11-15-17-29(13-3)25-47-34-21-19-27(5)23-32(34)33-24-31(20-22-35(33)48-26-30(14-4)18-16-12-2)40-38(45-9)39(46-10)42(50-40)41-37(44-8)36(43-7)28(6)49-41/h19-24,29-30H,11-18,25-26H2,1-10H3. The molecule has 274 valence electrons. The zero-order valence-corrected chi connectivity index (χ0v) is 33.6. The molecular weight excluding hydrogens is 665 g/mol. The van der Waals surface area contributed by atoms with Crippen LogP contribution in [0.25, 0.3) is 31.3 Å². The number of ether oxygens (including phenoxy) is 6. The summed E-state index contributed by atoms with van der Waals surface area (Å²) in [6, 6.07) is 13.0. The number of benzene rings is 2. The van der Waals surface area contributed by atoms with E-state index in [-0.39, 0.29) is 0 Å². The van der Waals surface area contributed by atoms with Crippen molar-refractivity contribution in [2.75, 3.05) is 41.7 Å².